The molecule has 98 valence electrons. The zero-order chi connectivity index (χ0) is 13.9. The van der Waals surface area contributed by atoms with E-state index in [1.807, 2.05) is 19.1 Å². The maximum Gasteiger partial charge on any atom is 0.180 e. The Balaban J connectivity index is 2.11. The molecule has 0 unspecified atom stereocenters. The smallest absolute Gasteiger partial charge is 0.180 e. The van der Waals surface area contributed by atoms with Crippen molar-refractivity contribution in [3.05, 3.63) is 47.8 Å². The van der Waals surface area contributed by atoms with E-state index < -0.39 is 9.84 Å². The Kier molecular flexibility index (Phi) is 3.67. The molecule has 0 aliphatic carbocycles. The van der Waals surface area contributed by atoms with Gasteiger partial charge in [0.1, 0.15) is 0 Å². The van der Waals surface area contributed by atoms with Crippen LogP contribution in [0.2, 0.25) is 0 Å². The molecule has 1 heterocycles. The standard InChI is InChI=1S/C13H13N3O2S/c1-11-6-7-16(15-11)8-9-19(17,18)13-4-2-12(10-14)3-5-13/h2-7H,8-9H2,1H3. The molecule has 5 nitrogen and oxygen atoms in total. The van der Waals surface area contributed by atoms with Crippen LogP contribution in [0, 0.1) is 18.3 Å². The highest BCUT2D eigenvalue weighted by Crippen LogP contribution is 2.12. The highest BCUT2D eigenvalue weighted by Gasteiger charge is 2.14. The van der Waals surface area contributed by atoms with E-state index in [1.54, 1.807) is 10.9 Å². The Morgan fingerprint density at radius 3 is 2.47 bits per heavy atom. The van der Waals surface area contributed by atoms with Crippen LogP contribution in [-0.4, -0.2) is 24.0 Å². The van der Waals surface area contributed by atoms with Crippen molar-refractivity contribution < 1.29 is 8.42 Å². The Hall–Kier alpha value is -2.13. The van der Waals surface area contributed by atoms with Gasteiger partial charge in [0.25, 0.3) is 0 Å². The normalized spacial score (nSPS) is 11.2. The van der Waals surface area contributed by atoms with Crippen molar-refractivity contribution in [1.29, 1.82) is 5.26 Å². The van der Waals surface area contributed by atoms with Crippen LogP contribution in [0.3, 0.4) is 0 Å². The van der Waals surface area contributed by atoms with Crippen molar-refractivity contribution in [3.8, 4) is 6.07 Å². The number of sulfone groups is 1. The second kappa shape index (κ2) is 5.24. The number of nitriles is 1. The molecule has 0 N–H and O–H groups in total. The van der Waals surface area contributed by atoms with Gasteiger partial charge in [-0.1, -0.05) is 0 Å². The molecular formula is C13H13N3O2S. The molecule has 0 bridgehead atoms. The van der Waals surface area contributed by atoms with Crippen LogP contribution in [-0.2, 0) is 16.4 Å². The summed E-state index contributed by atoms with van der Waals surface area (Å²) in [5.74, 6) is -0.0139. The van der Waals surface area contributed by atoms with E-state index in [9.17, 15) is 8.42 Å². The van der Waals surface area contributed by atoms with Crippen LogP contribution in [0.5, 0.6) is 0 Å². The summed E-state index contributed by atoms with van der Waals surface area (Å²) in [6.45, 7) is 2.17. The van der Waals surface area contributed by atoms with Crippen molar-refractivity contribution in [2.24, 2.45) is 0 Å². The maximum absolute atomic E-state index is 12.1. The highest BCUT2D eigenvalue weighted by molar-refractivity contribution is 7.91. The zero-order valence-electron chi connectivity index (χ0n) is 10.4. The molecule has 19 heavy (non-hydrogen) atoms. The molecule has 0 aliphatic rings. The molecule has 0 atom stereocenters. The molecule has 0 aliphatic heterocycles. The van der Waals surface area contributed by atoms with Gasteiger partial charge in [0.2, 0.25) is 0 Å². The molecule has 0 radical (unpaired) electrons. The lowest BCUT2D eigenvalue weighted by Crippen LogP contribution is -2.13. The molecule has 0 amide bonds. The van der Waals surface area contributed by atoms with E-state index in [0.717, 1.165) is 5.69 Å². The number of hydrogen-bond donors (Lipinski definition) is 0. The fraction of sp³-hybridized carbons (Fsp3) is 0.231. The number of benzene rings is 1. The molecule has 6 heteroatoms. The minimum atomic E-state index is -3.34. The van der Waals surface area contributed by atoms with Gasteiger partial charge in [-0.15, -0.1) is 0 Å². The molecule has 2 rings (SSSR count). The van der Waals surface area contributed by atoms with Crippen molar-refractivity contribution in [3.63, 3.8) is 0 Å². The predicted octanol–water partition coefficient (Wildman–Crippen LogP) is 1.54. The molecular weight excluding hydrogens is 262 g/mol. The summed E-state index contributed by atoms with van der Waals surface area (Å²) in [7, 11) is -3.34. The SMILES string of the molecule is Cc1ccn(CCS(=O)(=O)c2ccc(C#N)cc2)n1. The Morgan fingerprint density at radius 1 is 1.26 bits per heavy atom. The third-order valence-corrected chi connectivity index (χ3v) is 4.42. The van der Waals surface area contributed by atoms with Crippen LogP contribution in [0.25, 0.3) is 0 Å². The van der Waals surface area contributed by atoms with Crippen LogP contribution in [0.4, 0.5) is 0 Å². The van der Waals surface area contributed by atoms with E-state index in [0.29, 0.717) is 12.1 Å². The monoisotopic (exact) mass is 275 g/mol. The number of hydrogen-bond acceptors (Lipinski definition) is 4. The Morgan fingerprint density at radius 2 is 1.95 bits per heavy atom. The first kappa shape index (κ1) is 13.3. The molecule has 2 aromatic rings. The van der Waals surface area contributed by atoms with Crippen LogP contribution in [0.15, 0.2) is 41.4 Å². The topological polar surface area (TPSA) is 75.8 Å². The van der Waals surface area contributed by atoms with Gasteiger partial charge in [-0.3, -0.25) is 4.68 Å². The quantitative estimate of drug-likeness (QED) is 0.848. The highest BCUT2D eigenvalue weighted by atomic mass is 32.2. The molecule has 1 aromatic heterocycles. The summed E-state index contributed by atoms with van der Waals surface area (Å²) in [5.41, 5.74) is 1.30. The van der Waals surface area contributed by atoms with Crippen LogP contribution in [0.1, 0.15) is 11.3 Å². The first-order valence-electron chi connectivity index (χ1n) is 5.74. The van der Waals surface area contributed by atoms with E-state index in [-0.39, 0.29) is 10.6 Å². The van der Waals surface area contributed by atoms with Crippen molar-refractivity contribution in [2.75, 3.05) is 5.75 Å². The van der Waals surface area contributed by atoms with E-state index in [2.05, 4.69) is 5.10 Å². The van der Waals surface area contributed by atoms with Crippen LogP contribution >= 0.6 is 0 Å². The summed E-state index contributed by atoms with van der Waals surface area (Å²) in [5, 5.41) is 12.8. The van der Waals surface area contributed by atoms with Gasteiger partial charge in [-0.25, -0.2) is 8.42 Å². The third kappa shape index (κ3) is 3.20. The fourth-order valence-electron chi connectivity index (χ4n) is 1.66. The first-order chi connectivity index (χ1) is 9.01. The largest absolute Gasteiger partial charge is 0.271 e. The minimum absolute atomic E-state index is 0.0139. The number of nitrogens with zero attached hydrogens (tertiary/aromatic N) is 3. The van der Waals surface area contributed by atoms with E-state index >= 15 is 0 Å². The summed E-state index contributed by atoms with van der Waals surface area (Å²) >= 11 is 0. The summed E-state index contributed by atoms with van der Waals surface area (Å²) in [6, 6.07) is 9.72. The lowest BCUT2D eigenvalue weighted by molar-refractivity contribution is 0.580. The fourth-order valence-corrected chi connectivity index (χ4v) is 2.87. The van der Waals surface area contributed by atoms with Gasteiger partial charge in [-0.05, 0) is 37.3 Å². The Bertz CT molecular complexity index is 709. The third-order valence-electron chi connectivity index (χ3n) is 2.71. The number of aryl methyl sites for hydroxylation is 2. The van der Waals surface area contributed by atoms with Gasteiger partial charge >= 0.3 is 0 Å². The molecule has 1 aromatic carbocycles. The molecule has 0 saturated carbocycles. The van der Waals surface area contributed by atoms with Gasteiger partial charge in [0.15, 0.2) is 9.84 Å². The number of aromatic nitrogens is 2. The Labute approximate surface area is 112 Å². The first-order valence-corrected chi connectivity index (χ1v) is 7.39. The molecule has 0 fully saturated rings. The van der Waals surface area contributed by atoms with E-state index in [4.69, 9.17) is 5.26 Å². The second-order valence-corrected chi connectivity index (χ2v) is 6.28. The molecule has 0 saturated heterocycles. The average Bonchev–Trinajstić information content (AvgIpc) is 2.82. The lowest BCUT2D eigenvalue weighted by atomic mass is 10.2. The summed E-state index contributed by atoms with van der Waals surface area (Å²) < 4.78 is 25.8. The predicted molar refractivity (Wildman–Crippen MR) is 70.2 cm³/mol. The van der Waals surface area contributed by atoms with Crippen molar-refractivity contribution in [1.82, 2.24) is 9.78 Å². The zero-order valence-corrected chi connectivity index (χ0v) is 11.3. The summed E-state index contributed by atoms with van der Waals surface area (Å²) in [6.07, 6.45) is 1.75. The van der Waals surface area contributed by atoms with Crippen LogP contribution < -0.4 is 0 Å². The summed E-state index contributed by atoms with van der Waals surface area (Å²) in [4.78, 5) is 0.232. The lowest BCUT2D eigenvalue weighted by Gasteiger charge is -2.05. The molecule has 0 spiro atoms. The van der Waals surface area contributed by atoms with Crippen molar-refractivity contribution in [2.45, 2.75) is 18.4 Å². The van der Waals surface area contributed by atoms with E-state index in [1.165, 1.54) is 24.3 Å². The second-order valence-electron chi connectivity index (χ2n) is 4.18. The number of rotatable bonds is 4. The van der Waals surface area contributed by atoms with Gasteiger partial charge < -0.3 is 0 Å². The minimum Gasteiger partial charge on any atom is -0.271 e. The van der Waals surface area contributed by atoms with Crippen molar-refractivity contribution >= 4 is 9.84 Å². The van der Waals surface area contributed by atoms with Gasteiger partial charge in [-0.2, -0.15) is 10.4 Å². The van der Waals surface area contributed by atoms with Gasteiger partial charge in [0, 0.05) is 6.20 Å². The van der Waals surface area contributed by atoms with Gasteiger partial charge in [0.05, 0.1) is 34.5 Å². The average molecular weight is 275 g/mol. The maximum atomic E-state index is 12.1.